The van der Waals surface area contributed by atoms with Crippen molar-refractivity contribution in [2.45, 2.75) is 12.6 Å². The maximum Gasteiger partial charge on any atom is 0.258 e. The SMILES string of the molecule is c1cc(-c2nc(CN3CC(N4CCNCC4)C3)no2)cs1. The van der Waals surface area contributed by atoms with Crippen LogP contribution in [-0.2, 0) is 6.54 Å². The van der Waals surface area contributed by atoms with Gasteiger partial charge >= 0.3 is 0 Å². The van der Waals surface area contributed by atoms with Crippen LogP contribution in [0.3, 0.4) is 0 Å². The summed E-state index contributed by atoms with van der Waals surface area (Å²) in [5, 5.41) is 11.5. The summed E-state index contributed by atoms with van der Waals surface area (Å²) in [4.78, 5) is 9.44. The molecule has 2 saturated heterocycles. The van der Waals surface area contributed by atoms with Gasteiger partial charge in [-0.3, -0.25) is 9.80 Å². The van der Waals surface area contributed by atoms with Crippen LogP contribution >= 0.6 is 11.3 Å². The van der Waals surface area contributed by atoms with E-state index in [1.165, 1.54) is 13.1 Å². The predicted octanol–water partition coefficient (Wildman–Crippen LogP) is 0.888. The van der Waals surface area contributed by atoms with E-state index in [1.807, 2.05) is 16.8 Å². The molecular weight excluding hydrogens is 286 g/mol. The highest BCUT2D eigenvalue weighted by Gasteiger charge is 2.32. The first-order chi connectivity index (χ1) is 10.4. The summed E-state index contributed by atoms with van der Waals surface area (Å²) in [5.41, 5.74) is 1.01. The average Bonchev–Trinajstić information content (AvgIpc) is 3.14. The molecule has 0 aliphatic carbocycles. The third-order valence-electron chi connectivity index (χ3n) is 4.21. The second-order valence-corrected chi connectivity index (χ2v) is 6.44. The van der Waals surface area contributed by atoms with E-state index in [4.69, 9.17) is 4.52 Å². The van der Waals surface area contributed by atoms with Gasteiger partial charge in [-0.05, 0) is 11.4 Å². The highest BCUT2D eigenvalue weighted by atomic mass is 32.1. The summed E-state index contributed by atoms with van der Waals surface area (Å²) in [6.07, 6.45) is 0. The van der Waals surface area contributed by atoms with Crippen LogP contribution in [0.2, 0.25) is 0 Å². The van der Waals surface area contributed by atoms with E-state index >= 15 is 0 Å². The molecule has 0 unspecified atom stereocenters. The summed E-state index contributed by atoms with van der Waals surface area (Å²) in [7, 11) is 0. The van der Waals surface area contributed by atoms with Gasteiger partial charge in [0.1, 0.15) is 0 Å². The van der Waals surface area contributed by atoms with E-state index in [9.17, 15) is 0 Å². The van der Waals surface area contributed by atoms with Crippen molar-refractivity contribution in [2.75, 3.05) is 39.3 Å². The van der Waals surface area contributed by atoms with E-state index in [1.54, 1.807) is 11.3 Å². The number of likely N-dealkylation sites (tertiary alicyclic amines) is 1. The van der Waals surface area contributed by atoms with Crippen molar-refractivity contribution >= 4 is 11.3 Å². The highest BCUT2D eigenvalue weighted by molar-refractivity contribution is 7.08. The van der Waals surface area contributed by atoms with Crippen molar-refractivity contribution in [1.29, 1.82) is 0 Å². The predicted molar refractivity (Wildman–Crippen MR) is 81.1 cm³/mol. The average molecular weight is 305 g/mol. The maximum atomic E-state index is 5.32. The van der Waals surface area contributed by atoms with E-state index in [2.05, 4.69) is 25.3 Å². The first kappa shape index (κ1) is 13.4. The normalized spacial score (nSPS) is 21.5. The zero-order valence-corrected chi connectivity index (χ0v) is 12.7. The Hall–Kier alpha value is -1.28. The number of piperazine rings is 1. The Balaban J connectivity index is 1.30. The van der Waals surface area contributed by atoms with Crippen molar-refractivity contribution < 1.29 is 4.52 Å². The van der Waals surface area contributed by atoms with E-state index < -0.39 is 0 Å². The lowest BCUT2D eigenvalue weighted by Gasteiger charge is -2.46. The molecule has 6 nitrogen and oxygen atoms in total. The van der Waals surface area contributed by atoms with Crippen LogP contribution in [0.25, 0.3) is 11.5 Å². The molecule has 2 fully saturated rings. The fourth-order valence-electron chi connectivity index (χ4n) is 2.97. The molecule has 0 radical (unpaired) electrons. The first-order valence-corrected chi connectivity index (χ1v) is 8.35. The van der Waals surface area contributed by atoms with Gasteiger partial charge in [-0.15, -0.1) is 0 Å². The molecule has 0 saturated carbocycles. The lowest BCUT2D eigenvalue weighted by molar-refractivity contribution is 0.0204. The van der Waals surface area contributed by atoms with Gasteiger partial charge in [-0.25, -0.2) is 0 Å². The van der Waals surface area contributed by atoms with Crippen molar-refractivity contribution in [1.82, 2.24) is 25.3 Å². The molecule has 4 heterocycles. The number of rotatable bonds is 4. The summed E-state index contributed by atoms with van der Waals surface area (Å²) in [5.74, 6) is 1.42. The molecule has 2 aromatic heterocycles. The lowest BCUT2D eigenvalue weighted by atomic mass is 10.1. The summed E-state index contributed by atoms with van der Waals surface area (Å²) in [6, 6.07) is 2.71. The Kier molecular flexibility index (Phi) is 3.72. The Labute approximate surface area is 127 Å². The van der Waals surface area contributed by atoms with E-state index in [0.717, 1.165) is 44.1 Å². The van der Waals surface area contributed by atoms with Crippen LogP contribution in [-0.4, -0.2) is 65.3 Å². The zero-order chi connectivity index (χ0) is 14.1. The van der Waals surface area contributed by atoms with Crippen LogP contribution < -0.4 is 5.32 Å². The topological polar surface area (TPSA) is 57.4 Å². The Bertz CT molecular complexity index is 572. The smallest absolute Gasteiger partial charge is 0.258 e. The van der Waals surface area contributed by atoms with Crippen LogP contribution in [0.15, 0.2) is 21.3 Å². The van der Waals surface area contributed by atoms with Crippen LogP contribution in [0, 0.1) is 0 Å². The van der Waals surface area contributed by atoms with E-state index in [0.29, 0.717) is 11.9 Å². The summed E-state index contributed by atoms with van der Waals surface area (Å²) < 4.78 is 5.32. The molecular formula is C14H19N5OS. The quantitative estimate of drug-likeness (QED) is 0.905. The lowest BCUT2D eigenvalue weighted by Crippen LogP contribution is -2.62. The van der Waals surface area contributed by atoms with Crippen LogP contribution in [0.1, 0.15) is 5.82 Å². The molecule has 2 aliphatic rings. The molecule has 0 atom stereocenters. The van der Waals surface area contributed by atoms with Gasteiger partial charge in [0.25, 0.3) is 5.89 Å². The number of nitrogens with zero attached hydrogens (tertiary/aromatic N) is 4. The number of hydrogen-bond acceptors (Lipinski definition) is 7. The van der Waals surface area contributed by atoms with Gasteiger partial charge in [0, 0.05) is 50.7 Å². The standard InChI is InChI=1S/C14H19N5OS/c1-6-21-10-11(1)14-16-13(17-20-14)9-18-7-12(8-18)19-4-2-15-3-5-19/h1,6,10,12,15H,2-5,7-9H2. The number of thiophene rings is 1. The molecule has 2 aromatic rings. The summed E-state index contributed by atoms with van der Waals surface area (Å²) >= 11 is 1.64. The Morgan fingerprint density at radius 2 is 2.19 bits per heavy atom. The summed E-state index contributed by atoms with van der Waals surface area (Å²) in [6.45, 7) is 7.59. The van der Waals surface area contributed by atoms with Gasteiger partial charge in [-0.1, -0.05) is 5.16 Å². The maximum absolute atomic E-state index is 5.32. The number of aromatic nitrogens is 2. The molecule has 112 valence electrons. The largest absolute Gasteiger partial charge is 0.334 e. The third kappa shape index (κ3) is 2.87. The number of hydrogen-bond donors (Lipinski definition) is 1. The van der Waals surface area contributed by atoms with Crippen molar-refractivity contribution in [2.24, 2.45) is 0 Å². The molecule has 4 rings (SSSR count). The van der Waals surface area contributed by atoms with Crippen molar-refractivity contribution in [3.63, 3.8) is 0 Å². The zero-order valence-electron chi connectivity index (χ0n) is 11.9. The Morgan fingerprint density at radius 1 is 1.33 bits per heavy atom. The number of nitrogens with one attached hydrogen (secondary N) is 1. The van der Waals surface area contributed by atoms with Gasteiger partial charge < -0.3 is 9.84 Å². The second kappa shape index (κ2) is 5.84. The van der Waals surface area contributed by atoms with Crippen molar-refractivity contribution in [3.05, 3.63) is 22.7 Å². The molecule has 1 N–H and O–H groups in total. The minimum atomic E-state index is 0.630. The highest BCUT2D eigenvalue weighted by Crippen LogP contribution is 2.22. The van der Waals surface area contributed by atoms with Crippen LogP contribution in [0.4, 0.5) is 0 Å². The molecule has 2 aliphatic heterocycles. The van der Waals surface area contributed by atoms with Gasteiger partial charge in [0.05, 0.1) is 12.1 Å². The Morgan fingerprint density at radius 3 is 2.95 bits per heavy atom. The molecule has 7 heteroatoms. The molecule has 0 aromatic carbocycles. The fourth-order valence-corrected chi connectivity index (χ4v) is 3.60. The fraction of sp³-hybridized carbons (Fsp3) is 0.571. The minimum absolute atomic E-state index is 0.630. The first-order valence-electron chi connectivity index (χ1n) is 7.41. The van der Waals surface area contributed by atoms with Gasteiger partial charge in [-0.2, -0.15) is 16.3 Å². The van der Waals surface area contributed by atoms with Gasteiger partial charge in [0.15, 0.2) is 5.82 Å². The van der Waals surface area contributed by atoms with Crippen molar-refractivity contribution in [3.8, 4) is 11.5 Å². The minimum Gasteiger partial charge on any atom is -0.334 e. The monoisotopic (exact) mass is 305 g/mol. The van der Waals surface area contributed by atoms with E-state index in [-0.39, 0.29) is 0 Å². The molecule has 0 bridgehead atoms. The molecule has 21 heavy (non-hydrogen) atoms. The van der Waals surface area contributed by atoms with Crippen LogP contribution in [0.5, 0.6) is 0 Å². The van der Waals surface area contributed by atoms with Gasteiger partial charge in [0.2, 0.25) is 0 Å². The second-order valence-electron chi connectivity index (χ2n) is 5.66. The third-order valence-corrected chi connectivity index (χ3v) is 4.89. The molecule has 0 spiro atoms. The molecule has 0 amide bonds.